The maximum Gasteiger partial charge on any atom is 0.411 e. The van der Waals surface area contributed by atoms with Crippen molar-refractivity contribution in [1.29, 1.82) is 0 Å². The van der Waals surface area contributed by atoms with E-state index >= 15 is 0 Å². The maximum absolute atomic E-state index is 14.7. The predicted molar refractivity (Wildman–Crippen MR) is 152 cm³/mol. The number of benzene rings is 2. The maximum atomic E-state index is 14.7. The molecule has 2 aliphatic rings. The molecule has 12 heteroatoms. The molecule has 0 spiro atoms. The summed E-state index contributed by atoms with van der Waals surface area (Å²) in [5, 5.41) is 5.32. The van der Waals surface area contributed by atoms with Crippen molar-refractivity contribution in [1.82, 2.24) is 9.88 Å². The van der Waals surface area contributed by atoms with Gasteiger partial charge >= 0.3 is 12.2 Å². The number of pyridine rings is 1. The molecule has 3 amide bonds. The average molecular weight is 599 g/mol. The van der Waals surface area contributed by atoms with Crippen molar-refractivity contribution >= 4 is 41.1 Å². The second kappa shape index (κ2) is 12.3. The Balaban J connectivity index is 1.48. The van der Waals surface area contributed by atoms with E-state index in [1.165, 1.54) is 7.11 Å². The number of methoxy groups -OCH3 is 1. The minimum absolute atomic E-state index is 0.154. The van der Waals surface area contributed by atoms with Crippen LogP contribution in [0.4, 0.5) is 29.7 Å². The van der Waals surface area contributed by atoms with Crippen LogP contribution >= 0.6 is 11.6 Å². The second-order valence-corrected chi connectivity index (χ2v) is 10.7. The highest BCUT2D eigenvalue weighted by molar-refractivity contribution is 6.30. The summed E-state index contributed by atoms with van der Waals surface area (Å²) < 4.78 is 39.4. The van der Waals surface area contributed by atoms with Crippen molar-refractivity contribution in [3.8, 4) is 11.1 Å². The molecule has 0 aliphatic carbocycles. The Bertz CT molecular complexity index is 1540. The van der Waals surface area contributed by atoms with Crippen LogP contribution in [0.3, 0.4) is 0 Å². The van der Waals surface area contributed by atoms with Crippen LogP contribution in [0.1, 0.15) is 55.9 Å². The molecule has 0 radical (unpaired) electrons. The fourth-order valence-electron chi connectivity index (χ4n) is 5.36. The van der Waals surface area contributed by atoms with E-state index in [2.05, 4.69) is 20.4 Å². The molecule has 1 fully saturated rings. The number of carbonyl (C=O) groups excluding carboxylic acids is 3. The molecular formula is C30H29ClF2N4O5. The van der Waals surface area contributed by atoms with Crippen molar-refractivity contribution in [2.24, 2.45) is 5.92 Å². The van der Waals surface area contributed by atoms with Gasteiger partial charge in [0.2, 0.25) is 5.91 Å². The number of aromatic nitrogens is 1. The van der Waals surface area contributed by atoms with Crippen molar-refractivity contribution < 1.29 is 32.6 Å². The molecule has 3 atom stereocenters. The number of anilines is 2. The van der Waals surface area contributed by atoms with Crippen LogP contribution in [-0.2, 0) is 14.3 Å². The second-order valence-electron chi connectivity index (χ2n) is 10.3. The number of nitrogens with zero attached hydrogens (tertiary/aromatic N) is 2. The van der Waals surface area contributed by atoms with Crippen LogP contribution in [0.25, 0.3) is 11.1 Å². The van der Waals surface area contributed by atoms with E-state index in [1.54, 1.807) is 35.5 Å². The quantitative estimate of drug-likeness (QED) is 0.308. The molecule has 2 aliphatic heterocycles. The van der Waals surface area contributed by atoms with Crippen LogP contribution in [0.5, 0.6) is 0 Å². The van der Waals surface area contributed by atoms with Crippen LogP contribution in [0, 0.1) is 17.6 Å². The van der Waals surface area contributed by atoms with Crippen molar-refractivity contribution in [3.63, 3.8) is 0 Å². The van der Waals surface area contributed by atoms with Gasteiger partial charge in [-0.1, -0.05) is 31.0 Å². The molecule has 5 rings (SSSR count). The van der Waals surface area contributed by atoms with E-state index in [1.807, 2.05) is 13.0 Å². The van der Waals surface area contributed by atoms with Gasteiger partial charge in [0, 0.05) is 48.1 Å². The van der Waals surface area contributed by atoms with Gasteiger partial charge in [-0.25, -0.2) is 18.4 Å². The molecular weight excluding hydrogens is 570 g/mol. The number of cyclic esters (lactones) is 1. The highest BCUT2D eigenvalue weighted by Gasteiger charge is 2.36. The van der Waals surface area contributed by atoms with Gasteiger partial charge in [0.15, 0.2) is 5.82 Å². The highest BCUT2D eigenvalue weighted by Crippen LogP contribution is 2.39. The van der Waals surface area contributed by atoms with Gasteiger partial charge in [-0.3, -0.25) is 15.1 Å². The number of carbonyl (C=O) groups is 3. The smallest absolute Gasteiger partial charge is 0.411 e. The minimum Gasteiger partial charge on any atom is -0.453 e. The van der Waals surface area contributed by atoms with Gasteiger partial charge in [0.25, 0.3) is 0 Å². The fraction of sp³-hybridized carbons (Fsp3) is 0.333. The van der Waals surface area contributed by atoms with Gasteiger partial charge in [0.1, 0.15) is 11.9 Å². The summed E-state index contributed by atoms with van der Waals surface area (Å²) >= 11 is 5.86. The van der Waals surface area contributed by atoms with E-state index in [0.717, 1.165) is 17.7 Å². The molecule has 3 heterocycles. The summed E-state index contributed by atoms with van der Waals surface area (Å²) in [5.74, 6) is -2.32. The lowest BCUT2D eigenvalue weighted by molar-refractivity contribution is -0.119. The number of fused-ring (bicyclic) bond motifs is 4. The molecule has 2 N–H and O–H groups in total. The minimum atomic E-state index is -1.12. The van der Waals surface area contributed by atoms with Crippen molar-refractivity contribution in [2.45, 2.75) is 44.8 Å². The van der Waals surface area contributed by atoms with Crippen LogP contribution < -0.4 is 10.6 Å². The third kappa shape index (κ3) is 6.01. The van der Waals surface area contributed by atoms with Crippen molar-refractivity contribution in [3.05, 3.63) is 76.6 Å². The number of amides is 3. The van der Waals surface area contributed by atoms with E-state index < -0.39 is 36.0 Å². The Morgan fingerprint density at radius 1 is 1.14 bits per heavy atom. The highest BCUT2D eigenvalue weighted by atomic mass is 35.5. The van der Waals surface area contributed by atoms with Crippen LogP contribution in [0.2, 0.25) is 5.02 Å². The molecule has 0 saturated carbocycles. The molecule has 1 aromatic heterocycles. The summed E-state index contributed by atoms with van der Waals surface area (Å²) in [6.45, 7) is 2.00. The topological polar surface area (TPSA) is 110 Å². The van der Waals surface area contributed by atoms with E-state index in [-0.39, 0.29) is 35.4 Å². The SMILES string of the molecule is COC(=O)Nc1ccc2c(c1)NC(=O)[C@H](C)CCC[C@H](N1CC[C@H](c3c(F)ccc(Cl)c3F)OC1=O)c1cncc-2c1. The Kier molecular flexibility index (Phi) is 8.58. The average Bonchev–Trinajstić information content (AvgIpc) is 2.97. The lowest BCUT2D eigenvalue weighted by Crippen LogP contribution is -2.42. The van der Waals surface area contributed by atoms with E-state index in [9.17, 15) is 23.2 Å². The molecule has 2 bridgehead atoms. The third-order valence-electron chi connectivity index (χ3n) is 7.61. The van der Waals surface area contributed by atoms with Gasteiger partial charge in [-0.2, -0.15) is 0 Å². The lowest BCUT2D eigenvalue weighted by atomic mass is 9.93. The number of halogens is 3. The molecule has 1 saturated heterocycles. The summed E-state index contributed by atoms with van der Waals surface area (Å²) in [7, 11) is 1.26. The zero-order valence-corrected chi connectivity index (χ0v) is 23.7. The summed E-state index contributed by atoms with van der Waals surface area (Å²) in [5.41, 5.74) is 2.62. The standard InChI is InChI=1S/C30H29ClF2N4O5/c1-16-4-3-5-24(37-11-10-25(42-30(37)40)26-22(32)9-8-21(31)27(26)33)18-12-17(14-34-15-18)20-7-6-19(35-29(39)41-2)13-23(20)36-28(16)38/h6-9,12-16,24-25H,3-5,10-11H2,1-2H3,(H,35,39)(H,36,38)/t16-,24+,25-/m1/s1. The van der Waals surface area contributed by atoms with Crippen LogP contribution in [-0.4, -0.2) is 41.6 Å². The number of rotatable bonds is 3. The molecule has 3 aromatic rings. The zero-order valence-electron chi connectivity index (χ0n) is 23.0. The first-order valence-corrected chi connectivity index (χ1v) is 13.9. The summed E-state index contributed by atoms with van der Waals surface area (Å²) in [4.78, 5) is 44.1. The van der Waals surface area contributed by atoms with E-state index in [0.29, 0.717) is 41.8 Å². The summed E-state index contributed by atoms with van der Waals surface area (Å²) in [6.07, 6.45) is 2.64. The molecule has 42 heavy (non-hydrogen) atoms. The number of ether oxygens (including phenoxy) is 2. The molecule has 220 valence electrons. The van der Waals surface area contributed by atoms with Crippen LogP contribution in [0.15, 0.2) is 48.8 Å². The van der Waals surface area contributed by atoms with Gasteiger partial charge in [-0.05, 0) is 48.7 Å². The normalized spacial score (nSPS) is 20.8. The van der Waals surface area contributed by atoms with Gasteiger partial charge in [0.05, 0.1) is 29.4 Å². The predicted octanol–water partition coefficient (Wildman–Crippen LogP) is 7.24. The Labute approximate surface area is 246 Å². The third-order valence-corrected chi connectivity index (χ3v) is 7.91. The van der Waals surface area contributed by atoms with Gasteiger partial charge < -0.3 is 19.7 Å². The first kappa shape index (κ1) is 29.2. The zero-order chi connectivity index (χ0) is 30.0. The first-order valence-electron chi connectivity index (χ1n) is 13.5. The van der Waals surface area contributed by atoms with Crippen molar-refractivity contribution in [2.75, 3.05) is 24.3 Å². The first-order chi connectivity index (χ1) is 20.2. The van der Waals surface area contributed by atoms with Gasteiger partial charge in [-0.15, -0.1) is 0 Å². The number of hydrogen-bond acceptors (Lipinski definition) is 6. The summed E-state index contributed by atoms with van der Waals surface area (Å²) in [6, 6.07) is 8.67. The monoisotopic (exact) mass is 598 g/mol. The molecule has 0 unspecified atom stereocenters. The molecule has 2 aromatic carbocycles. The number of hydrogen-bond donors (Lipinski definition) is 2. The van der Waals surface area contributed by atoms with E-state index in [4.69, 9.17) is 16.3 Å². The Morgan fingerprint density at radius 2 is 1.95 bits per heavy atom. The lowest BCUT2D eigenvalue weighted by Gasteiger charge is -2.38. The Morgan fingerprint density at radius 3 is 2.71 bits per heavy atom. The largest absolute Gasteiger partial charge is 0.453 e. The fourth-order valence-corrected chi connectivity index (χ4v) is 5.53. The Hall–Kier alpha value is -4.25. The number of nitrogens with one attached hydrogen (secondary N) is 2. The molecule has 9 nitrogen and oxygen atoms in total.